The van der Waals surface area contributed by atoms with Gasteiger partial charge in [0.25, 0.3) is 10.0 Å². The highest BCUT2D eigenvalue weighted by Crippen LogP contribution is 2.27. The fraction of sp³-hybridized carbons (Fsp3) is 0. The third kappa shape index (κ3) is 3.60. The van der Waals surface area contributed by atoms with E-state index in [0.29, 0.717) is 22.2 Å². The number of benzene rings is 2. The molecule has 0 aliphatic heterocycles. The van der Waals surface area contributed by atoms with Gasteiger partial charge in [-0.15, -0.1) is 5.10 Å². The first-order valence-electron chi connectivity index (χ1n) is 8.01. The first kappa shape index (κ1) is 17.4. The molecule has 27 heavy (non-hydrogen) atoms. The molecule has 2 aromatic carbocycles. The Bertz CT molecular complexity index is 1150. The number of hydrogen-bond acceptors (Lipinski definition) is 4. The summed E-state index contributed by atoms with van der Waals surface area (Å²) in [6, 6.07) is 20.4. The predicted molar refractivity (Wildman–Crippen MR) is 103 cm³/mol. The number of aromatic nitrogens is 2. The van der Waals surface area contributed by atoms with Gasteiger partial charge in [-0.1, -0.05) is 41.9 Å². The van der Waals surface area contributed by atoms with Gasteiger partial charge >= 0.3 is 0 Å². The highest BCUT2D eigenvalue weighted by Gasteiger charge is 2.19. The minimum absolute atomic E-state index is 0.141. The van der Waals surface area contributed by atoms with Crippen molar-refractivity contribution in [2.45, 2.75) is 4.90 Å². The summed E-state index contributed by atoms with van der Waals surface area (Å²) in [4.78, 5) is 3.87. The van der Waals surface area contributed by atoms with Crippen LogP contribution in [0.2, 0.25) is 5.02 Å². The Morgan fingerprint density at radius 2 is 1.70 bits per heavy atom. The van der Waals surface area contributed by atoms with E-state index in [1.165, 1.54) is 23.2 Å². The molecule has 0 saturated carbocycles. The largest absolute Gasteiger partial charge is 0.463 e. The molecule has 0 aliphatic rings. The van der Waals surface area contributed by atoms with Crippen molar-refractivity contribution in [3.63, 3.8) is 0 Å². The van der Waals surface area contributed by atoms with Crippen molar-refractivity contribution in [1.82, 2.24) is 9.89 Å². The van der Waals surface area contributed by atoms with E-state index in [4.69, 9.17) is 16.0 Å². The summed E-state index contributed by atoms with van der Waals surface area (Å²) in [5, 5.41) is 4.95. The maximum absolute atomic E-state index is 12.7. The highest BCUT2D eigenvalue weighted by molar-refractivity contribution is 7.92. The standard InChI is InChI=1S/C19H14ClN3O3S/c20-15-10-8-14(9-11-15)18-13-17(19-7-4-12-26-19)21-23(18)22-27(24,25)16-5-2-1-3-6-16/h1-13,22H. The number of hydrogen-bond donors (Lipinski definition) is 1. The topological polar surface area (TPSA) is 77.1 Å². The van der Waals surface area contributed by atoms with Gasteiger partial charge in [0.05, 0.1) is 16.9 Å². The number of sulfonamides is 1. The van der Waals surface area contributed by atoms with Crippen LogP contribution in [0.1, 0.15) is 0 Å². The molecular weight excluding hydrogens is 386 g/mol. The number of rotatable bonds is 5. The van der Waals surface area contributed by atoms with Crippen LogP contribution < -0.4 is 4.83 Å². The summed E-state index contributed by atoms with van der Waals surface area (Å²) in [6.07, 6.45) is 1.53. The van der Waals surface area contributed by atoms with Crippen LogP contribution in [0, 0.1) is 0 Å². The summed E-state index contributed by atoms with van der Waals surface area (Å²) in [5.41, 5.74) is 1.80. The van der Waals surface area contributed by atoms with Gasteiger partial charge in [-0.3, -0.25) is 0 Å². The number of nitrogens with zero attached hydrogens (tertiary/aromatic N) is 2. The Kier molecular flexibility index (Phi) is 4.47. The maximum atomic E-state index is 12.7. The van der Waals surface area contributed by atoms with Gasteiger partial charge in [-0.25, -0.2) is 0 Å². The van der Waals surface area contributed by atoms with Crippen molar-refractivity contribution in [1.29, 1.82) is 0 Å². The third-order valence-electron chi connectivity index (χ3n) is 3.88. The zero-order valence-corrected chi connectivity index (χ0v) is 15.5. The Morgan fingerprint density at radius 1 is 0.963 bits per heavy atom. The van der Waals surface area contributed by atoms with Crippen molar-refractivity contribution >= 4 is 21.6 Å². The Balaban J connectivity index is 1.80. The summed E-state index contributed by atoms with van der Waals surface area (Å²) in [5.74, 6) is 0.530. The van der Waals surface area contributed by atoms with Crippen LogP contribution in [0.15, 0.2) is 88.4 Å². The van der Waals surface area contributed by atoms with E-state index >= 15 is 0 Å². The Hall–Kier alpha value is -3.03. The highest BCUT2D eigenvalue weighted by atomic mass is 35.5. The molecule has 6 nitrogen and oxygen atoms in total. The molecule has 1 N–H and O–H groups in total. The molecule has 2 aromatic heterocycles. The molecule has 2 heterocycles. The van der Waals surface area contributed by atoms with Gasteiger partial charge in [0, 0.05) is 10.6 Å². The quantitative estimate of drug-likeness (QED) is 0.539. The first-order chi connectivity index (χ1) is 13.0. The molecular formula is C19H14ClN3O3S. The minimum atomic E-state index is -3.81. The van der Waals surface area contributed by atoms with Crippen molar-refractivity contribution in [2.75, 3.05) is 4.83 Å². The van der Waals surface area contributed by atoms with Gasteiger partial charge in [-0.2, -0.15) is 18.0 Å². The molecule has 4 aromatic rings. The first-order valence-corrected chi connectivity index (χ1v) is 9.87. The average Bonchev–Trinajstić information content (AvgIpc) is 3.33. The lowest BCUT2D eigenvalue weighted by Crippen LogP contribution is -2.25. The molecule has 0 amide bonds. The Labute approximate surface area is 161 Å². The summed E-state index contributed by atoms with van der Waals surface area (Å²) < 4.78 is 30.8. The second kappa shape index (κ2) is 6.94. The molecule has 4 rings (SSSR count). The van der Waals surface area contributed by atoms with Gasteiger partial charge in [0.15, 0.2) is 5.76 Å². The molecule has 0 fully saturated rings. The molecule has 0 radical (unpaired) electrons. The second-order valence-electron chi connectivity index (χ2n) is 5.72. The van der Waals surface area contributed by atoms with Crippen LogP contribution in [0.25, 0.3) is 22.7 Å². The normalized spacial score (nSPS) is 11.4. The average molecular weight is 400 g/mol. The van der Waals surface area contributed by atoms with Crippen molar-refractivity contribution in [2.24, 2.45) is 0 Å². The summed E-state index contributed by atoms with van der Waals surface area (Å²) >= 11 is 5.96. The minimum Gasteiger partial charge on any atom is -0.463 e. The molecule has 0 aliphatic carbocycles. The van der Waals surface area contributed by atoms with E-state index in [0.717, 1.165) is 5.56 Å². The third-order valence-corrected chi connectivity index (χ3v) is 5.44. The fourth-order valence-electron chi connectivity index (χ4n) is 2.59. The molecule has 8 heteroatoms. The molecule has 0 unspecified atom stereocenters. The van der Waals surface area contributed by atoms with Crippen LogP contribution in [0.3, 0.4) is 0 Å². The molecule has 0 spiro atoms. The fourth-order valence-corrected chi connectivity index (χ4v) is 3.70. The number of nitrogens with one attached hydrogen (secondary N) is 1. The van der Waals surface area contributed by atoms with Gasteiger partial charge in [0.2, 0.25) is 0 Å². The van der Waals surface area contributed by atoms with E-state index in [9.17, 15) is 8.42 Å². The van der Waals surface area contributed by atoms with E-state index < -0.39 is 10.0 Å². The van der Waals surface area contributed by atoms with E-state index in [-0.39, 0.29) is 4.90 Å². The van der Waals surface area contributed by atoms with E-state index in [1.54, 1.807) is 60.7 Å². The van der Waals surface area contributed by atoms with Crippen LogP contribution in [-0.2, 0) is 10.0 Å². The predicted octanol–water partition coefficient (Wildman–Crippen LogP) is 4.40. The lowest BCUT2D eigenvalue weighted by Gasteiger charge is -2.11. The van der Waals surface area contributed by atoms with Crippen LogP contribution in [-0.4, -0.2) is 18.3 Å². The van der Waals surface area contributed by atoms with Crippen LogP contribution >= 0.6 is 11.6 Å². The zero-order chi connectivity index (χ0) is 18.9. The van der Waals surface area contributed by atoms with Gasteiger partial charge in [-0.05, 0) is 42.5 Å². The SMILES string of the molecule is O=S(=O)(Nn1nc(-c2ccco2)cc1-c1ccc(Cl)cc1)c1ccccc1. The number of halogens is 1. The molecule has 0 bridgehead atoms. The monoisotopic (exact) mass is 399 g/mol. The summed E-state index contributed by atoms with van der Waals surface area (Å²) in [6.45, 7) is 0. The summed E-state index contributed by atoms with van der Waals surface area (Å²) in [7, 11) is -3.81. The molecule has 136 valence electrons. The maximum Gasteiger partial charge on any atom is 0.276 e. The van der Waals surface area contributed by atoms with Crippen molar-refractivity contribution in [3.05, 3.63) is 84.1 Å². The smallest absolute Gasteiger partial charge is 0.276 e. The van der Waals surface area contributed by atoms with E-state index in [2.05, 4.69) is 9.93 Å². The van der Waals surface area contributed by atoms with Crippen LogP contribution in [0.4, 0.5) is 0 Å². The van der Waals surface area contributed by atoms with E-state index in [1.807, 2.05) is 0 Å². The van der Waals surface area contributed by atoms with Crippen LogP contribution in [0.5, 0.6) is 0 Å². The number of furan rings is 1. The lowest BCUT2D eigenvalue weighted by molar-refractivity contribution is 0.577. The van der Waals surface area contributed by atoms with Crippen molar-refractivity contribution in [3.8, 4) is 22.7 Å². The lowest BCUT2D eigenvalue weighted by atomic mass is 10.1. The Morgan fingerprint density at radius 3 is 2.37 bits per heavy atom. The zero-order valence-electron chi connectivity index (χ0n) is 13.9. The van der Waals surface area contributed by atoms with Crippen molar-refractivity contribution < 1.29 is 12.8 Å². The molecule has 0 atom stereocenters. The van der Waals surface area contributed by atoms with Gasteiger partial charge < -0.3 is 4.42 Å². The molecule has 0 saturated heterocycles. The second-order valence-corrected chi connectivity index (χ2v) is 7.82. The van der Waals surface area contributed by atoms with Gasteiger partial charge in [0.1, 0.15) is 5.69 Å².